The van der Waals surface area contributed by atoms with Gasteiger partial charge in [0.1, 0.15) is 5.75 Å². The molecule has 2 aromatic rings. The summed E-state index contributed by atoms with van der Waals surface area (Å²) in [7, 11) is -3.30. The van der Waals surface area contributed by atoms with Crippen molar-refractivity contribution < 1.29 is 17.9 Å². The summed E-state index contributed by atoms with van der Waals surface area (Å²) >= 11 is 7.10. The molecule has 0 bridgehead atoms. The van der Waals surface area contributed by atoms with Gasteiger partial charge >= 0.3 is 0 Å². The van der Waals surface area contributed by atoms with E-state index in [4.69, 9.17) is 16.3 Å². The van der Waals surface area contributed by atoms with E-state index < -0.39 is 15.3 Å². The highest BCUT2D eigenvalue weighted by molar-refractivity contribution is 7.89. The molecule has 0 spiro atoms. The van der Waals surface area contributed by atoms with Crippen LogP contribution in [0, 0.1) is 0 Å². The number of anilines is 1. The van der Waals surface area contributed by atoms with Crippen molar-refractivity contribution in [2.45, 2.75) is 32.1 Å². The molecule has 1 aromatic carbocycles. The molecule has 0 atom stereocenters. The van der Waals surface area contributed by atoms with Gasteiger partial charge in [-0.3, -0.25) is 10.1 Å². The van der Waals surface area contributed by atoms with E-state index >= 15 is 0 Å². The Morgan fingerprint density at radius 2 is 2.07 bits per heavy atom. The predicted octanol–water partition coefficient (Wildman–Crippen LogP) is 2.91. The average Bonchev–Trinajstić information content (AvgIpc) is 3.02. The third-order valence-corrected chi connectivity index (χ3v) is 7.55. The molecule has 27 heavy (non-hydrogen) atoms. The van der Waals surface area contributed by atoms with E-state index in [9.17, 15) is 13.2 Å². The van der Waals surface area contributed by atoms with Crippen molar-refractivity contribution in [2.75, 3.05) is 18.5 Å². The molecule has 0 radical (unpaired) electrons. The minimum absolute atomic E-state index is 0.153. The summed E-state index contributed by atoms with van der Waals surface area (Å²) < 4.78 is 31.6. The average molecular weight is 430 g/mol. The SMILES string of the molecule is CC(C)S(=O)(=O)N1CCc2nc(NC(=O)COc3ccc(Cl)cc3)sc2C1. The highest BCUT2D eigenvalue weighted by Crippen LogP contribution is 2.30. The van der Waals surface area contributed by atoms with Gasteiger partial charge in [0.05, 0.1) is 10.9 Å². The van der Waals surface area contributed by atoms with Crippen LogP contribution in [0.15, 0.2) is 24.3 Å². The van der Waals surface area contributed by atoms with E-state index in [1.165, 1.54) is 15.6 Å². The number of ether oxygens (including phenoxy) is 1. The Morgan fingerprint density at radius 3 is 2.74 bits per heavy atom. The number of fused-ring (bicyclic) bond motifs is 1. The van der Waals surface area contributed by atoms with Gasteiger partial charge in [0.25, 0.3) is 5.91 Å². The van der Waals surface area contributed by atoms with Crippen LogP contribution in [0.5, 0.6) is 5.75 Å². The minimum atomic E-state index is -3.30. The molecule has 7 nitrogen and oxygen atoms in total. The van der Waals surface area contributed by atoms with Crippen LogP contribution in [0.4, 0.5) is 5.13 Å². The molecule has 3 rings (SSSR count). The molecule has 10 heteroatoms. The van der Waals surface area contributed by atoms with Crippen LogP contribution in [0.25, 0.3) is 0 Å². The number of carbonyl (C=O) groups excluding carboxylic acids is 1. The number of rotatable bonds is 6. The van der Waals surface area contributed by atoms with Gasteiger partial charge in [-0.15, -0.1) is 11.3 Å². The zero-order chi connectivity index (χ0) is 19.6. The summed E-state index contributed by atoms with van der Waals surface area (Å²) in [6.45, 7) is 3.89. The Bertz CT molecular complexity index is 926. The maximum absolute atomic E-state index is 12.3. The van der Waals surface area contributed by atoms with Gasteiger partial charge in [-0.05, 0) is 38.1 Å². The third-order valence-electron chi connectivity index (χ3n) is 4.08. The minimum Gasteiger partial charge on any atom is -0.484 e. The van der Waals surface area contributed by atoms with Crippen LogP contribution in [0.2, 0.25) is 5.02 Å². The van der Waals surface area contributed by atoms with Crippen molar-refractivity contribution in [3.8, 4) is 5.75 Å². The number of thiazole rings is 1. The predicted molar refractivity (Wildman–Crippen MR) is 106 cm³/mol. The van der Waals surface area contributed by atoms with Gasteiger partial charge in [0, 0.05) is 29.4 Å². The Morgan fingerprint density at radius 1 is 1.37 bits per heavy atom. The van der Waals surface area contributed by atoms with Crippen LogP contribution in [-0.2, 0) is 27.8 Å². The van der Waals surface area contributed by atoms with Gasteiger partial charge in [-0.1, -0.05) is 11.6 Å². The molecule has 2 heterocycles. The normalized spacial score (nSPS) is 14.8. The number of amides is 1. The number of carbonyl (C=O) groups is 1. The van der Waals surface area contributed by atoms with Gasteiger partial charge in [0.2, 0.25) is 10.0 Å². The molecule has 146 valence electrons. The smallest absolute Gasteiger partial charge is 0.264 e. The van der Waals surface area contributed by atoms with Crippen LogP contribution in [-0.4, -0.2) is 42.0 Å². The molecule has 1 aliphatic rings. The van der Waals surface area contributed by atoms with Crippen molar-refractivity contribution in [2.24, 2.45) is 0 Å². The maximum atomic E-state index is 12.3. The Kier molecular flexibility index (Phi) is 6.05. The number of nitrogens with zero attached hydrogens (tertiary/aromatic N) is 2. The highest BCUT2D eigenvalue weighted by atomic mass is 35.5. The monoisotopic (exact) mass is 429 g/mol. The zero-order valence-electron chi connectivity index (χ0n) is 14.9. The number of hydrogen-bond donors (Lipinski definition) is 1. The first-order valence-corrected chi connectivity index (χ1v) is 11.1. The van der Waals surface area contributed by atoms with E-state index in [-0.39, 0.29) is 12.5 Å². The Labute approximate surface area is 167 Å². The second-order valence-corrected chi connectivity index (χ2v) is 10.4. The number of aromatic nitrogens is 1. The molecule has 1 N–H and O–H groups in total. The third kappa shape index (κ3) is 4.78. The second kappa shape index (κ2) is 8.14. The quantitative estimate of drug-likeness (QED) is 0.762. The van der Waals surface area contributed by atoms with Crippen molar-refractivity contribution in [1.29, 1.82) is 0 Å². The lowest BCUT2D eigenvalue weighted by Gasteiger charge is -2.26. The summed E-state index contributed by atoms with van der Waals surface area (Å²) in [5.74, 6) is 0.213. The fourth-order valence-electron chi connectivity index (χ4n) is 2.58. The number of halogens is 1. The van der Waals surface area contributed by atoms with E-state index in [0.717, 1.165) is 10.6 Å². The van der Waals surface area contributed by atoms with Gasteiger partial charge < -0.3 is 4.74 Å². The molecule has 0 fully saturated rings. The topological polar surface area (TPSA) is 88.6 Å². The largest absolute Gasteiger partial charge is 0.484 e. The standard InChI is InChI=1S/C17H20ClN3O4S2/c1-11(2)27(23,24)21-8-7-14-15(9-21)26-17(19-14)20-16(22)10-25-13-5-3-12(18)4-6-13/h3-6,11H,7-10H2,1-2H3,(H,19,20,22). The Balaban J connectivity index is 1.59. The number of nitrogens with one attached hydrogen (secondary N) is 1. The first-order chi connectivity index (χ1) is 12.8. The molecule has 0 saturated carbocycles. The fourth-order valence-corrected chi connectivity index (χ4v) is 5.07. The number of benzene rings is 1. The van der Waals surface area contributed by atoms with Crippen molar-refractivity contribution in [3.63, 3.8) is 0 Å². The van der Waals surface area contributed by atoms with Crippen molar-refractivity contribution in [1.82, 2.24) is 9.29 Å². The van der Waals surface area contributed by atoms with E-state index in [1.54, 1.807) is 38.1 Å². The maximum Gasteiger partial charge on any atom is 0.264 e. The fraction of sp³-hybridized carbons (Fsp3) is 0.412. The van der Waals surface area contributed by atoms with Gasteiger partial charge in [0.15, 0.2) is 11.7 Å². The summed E-state index contributed by atoms with van der Waals surface area (Å²) in [4.78, 5) is 17.3. The molecular weight excluding hydrogens is 410 g/mol. The summed E-state index contributed by atoms with van der Waals surface area (Å²) in [5.41, 5.74) is 0.837. The van der Waals surface area contributed by atoms with E-state index in [1.807, 2.05) is 0 Å². The number of sulfonamides is 1. The first-order valence-electron chi connectivity index (χ1n) is 8.41. The van der Waals surface area contributed by atoms with Crippen LogP contribution >= 0.6 is 22.9 Å². The van der Waals surface area contributed by atoms with Crippen LogP contribution < -0.4 is 10.1 Å². The van der Waals surface area contributed by atoms with Crippen molar-refractivity contribution in [3.05, 3.63) is 39.9 Å². The summed E-state index contributed by atoms with van der Waals surface area (Å²) in [6, 6.07) is 6.73. The molecule has 1 aromatic heterocycles. The van der Waals surface area contributed by atoms with Crippen LogP contribution in [0.3, 0.4) is 0 Å². The molecule has 1 amide bonds. The van der Waals surface area contributed by atoms with E-state index in [0.29, 0.717) is 35.4 Å². The summed E-state index contributed by atoms with van der Waals surface area (Å²) in [6.07, 6.45) is 0.537. The molecule has 0 saturated heterocycles. The highest BCUT2D eigenvalue weighted by Gasteiger charge is 2.31. The molecule has 0 unspecified atom stereocenters. The van der Waals surface area contributed by atoms with Crippen molar-refractivity contribution >= 4 is 44.0 Å². The molecular formula is C17H20ClN3O4S2. The Hall–Kier alpha value is -1.68. The summed E-state index contributed by atoms with van der Waals surface area (Å²) in [5, 5.41) is 3.29. The van der Waals surface area contributed by atoms with Gasteiger partial charge in [-0.2, -0.15) is 4.31 Å². The van der Waals surface area contributed by atoms with Crippen LogP contribution in [0.1, 0.15) is 24.4 Å². The molecule has 1 aliphatic heterocycles. The lowest BCUT2D eigenvalue weighted by molar-refractivity contribution is -0.118. The van der Waals surface area contributed by atoms with Gasteiger partial charge in [-0.25, -0.2) is 13.4 Å². The lowest BCUT2D eigenvalue weighted by Crippen LogP contribution is -2.39. The number of hydrogen-bond acceptors (Lipinski definition) is 6. The first kappa shape index (κ1) is 20.1. The zero-order valence-corrected chi connectivity index (χ0v) is 17.3. The second-order valence-electron chi connectivity index (χ2n) is 6.36. The van der Waals surface area contributed by atoms with E-state index in [2.05, 4.69) is 10.3 Å². The molecule has 0 aliphatic carbocycles. The lowest BCUT2D eigenvalue weighted by atomic mass is 10.2.